The number of ketones is 1. The molecule has 3 saturated heterocycles. The SMILES string of the molecule is [13CH3][13C]1=[13CH][13C@H]2O[13C@@H]3[13C@H](O[13C@@H]4O[13C@H]([13CH2]O)[13C@@H](O)[13C@H](O)[13C@H]4O)[13CH2][13C@]([13CH3])([13C@@]2([13CH2]O)[13C@H](O)[13C]1=O)[13C@]31[13CH2]O1. The highest BCUT2D eigenvalue weighted by molar-refractivity contribution is 6.00. The molecule has 0 unspecified atom stereocenters. The van der Waals surface area contributed by atoms with Crippen molar-refractivity contribution in [3.8, 4) is 0 Å². The highest BCUT2D eigenvalue weighted by atomic mass is 16.9. The molecular weight excluding hydrogens is 449 g/mol. The molecule has 32 heavy (non-hydrogen) atoms. The summed E-state index contributed by atoms with van der Waals surface area (Å²) in [6, 6.07) is 0. The van der Waals surface area contributed by atoms with Crippen molar-refractivity contribution in [2.75, 3.05) is 19.8 Å². The Labute approximate surface area is 184 Å². The Kier molecular flexibility index (Phi) is 5.16. The van der Waals surface area contributed by atoms with Crippen LogP contribution in [0.1, 0.15) is 20.3 Å². The minimum atomic E-state index is -1.59. The van der Waals surface area contributed by atoms with Gasteiger partial charge < -0.3 is 49.6 Å². The third-order valence-electron chi connectivity index (χ3n) is 8.57. The lowest BCUT2D eigenvalue weighted by molar-refractivity contribution is -0.318. The maximum atomic E-state index is 12.7. The van der Waals surface area contributed by atoms with Crippen molar-refractivity contribution in [3.63, 3.8) is 0 Å². The largest absolute Gasteiger partial charge is 0.396 e. The molecule has 0 amide bonds. The Bertz CT molecular complexity index is 825. The van der Waals surface area contributed by atoms with Gasteiger partial charge in [-0.25, -0.2) is 0 Å². The van der Waals surface area contributed by atoms with Gasteiger partial charge in [-0.3, -0.25) is 4.79 Å². The topological polar surface area (TPSA) is 179 Å². The van der Waals surface area contributed by atoms with Gasteiger partial charge in [-0.05, 0) is 25.0 Å². The molecule has 0 aromatic heterocycles. The Morgan fingerprint density at radius 2 is 1.81 bits per heavy atom. The lowest BCUT2D eigenvalue weighted by Gasteiger charge is -2.58. The summed E-state index contributed by atoms with van der Waals surface area (Å²) in [5.41, 5.74) is -2.85. The summed E-state index contributed by atoms with van der Waals surface area (Å²) in [7, 11) is 0. The summed E-state index contributed by atoms with van der Waals surface area (Å²) in [4.78, 5) is 12.7. The van der Waals surface area contributed by atoms with Gasteiger partial charge in [0.05, 0.1) is 37.4 Å². The quantitative estimate of drug-likeness (QED) is 0.179. The number of epoxide rings is 1. The number of carbonyl (C=O) groups is 1. The maximum absolute atomic E-state index is 12.7. The fourth-order valence-electron chi connectivity index (χ4n) is 6.46. The molecule has 5 aliphatic rings. The predicted octanol–water partition coefficient (Wildman–Crippen LogP) is -3.01. The van der Waals surface area contributed by atoms with Gasteiger partial charge >= 0.3 is 0 Å². The summed E-state index contributed by atoms with van der Waals surface area (Å²) in [6.07, 6.45) is -9.03. The van der Waals surface area contributed by atoms with Crippen molar-refractivity contribution in [1.29, 1.82) is 0 Å². The summed E-state index contributed by atoms with van der Waals surface area (Å²) in [6.45, 7) is 2.59. The van der Waals surface area contributed by atoms with E-state index in [1.807, 2.05) is 6.92 Å². The van der Waals surface area contributed by atoms with Gasteiger partial charge in [0.25, 0.3) is 0 Å². The van der Waals surface area contributed by atoms with Crippen LogP contribution in [0, 0.1) is 10.8 Å². The van der Waals surface area contributed by atoms with Gasteiger partial charge in [-0.15, -0.1) is 0 Å². The molecule has 0 aromatic rings. The van der Waals surface area contributed by atoms with E-state index < -0.39 is 90.5 Å². The first-order valence-electron chi connectivity index (χ1n) is 10.8. The zero-order chi connectivity index (χ0) is 23.2. The Morgan fingerprint density at radius 3 is 2.41 bits per heavy atom. The third kappa shape index (κ3) is 2.58. The molecule has 4 fully saturated rings. The van der Waals surface area contributed by atoms with Gasteiger partial charge in [0.1, 0.15) is 42.2 Å². The van der Waals surface area contributed by atoms with E-state index >= 15 is 0 Å². The second-order valence-electron chi connectivity index (χ2n) is 9.88. The molecule has 1 spiro atoms. The number of Topliss-reactive ketones (excluding diaryl/α,β-unsaturated/α-hetero) is 1. The first kappa shape index (κ1) is 22.8. The average molecular weight is 479 g/mol. The molecular formula is C21H30O11. The van der Waals surface area contributed by atoms with Gasteiger partial charge in [-0.2, -0.15) is 0 Å². The summed E-state index contributed by atoms with van der Waals surface area (Å²) >= 11 is 0. The molecule has 0 radical (unpaired) electrons. The van der Waals surface area contributed by atoms with E-state index in [1.165, 1.54) is 0 Å². The molecule has 12 atom stereocenters. The monoisotopic (exact) mass is 479 g/mol. The Balaban J connectivity index is 1.49. The third-order valence-corrected chi connectivity index (χ3v) is 8.57. The van der Waals surface area contributed by atoms with Crippen LogP contribution in [0.3, 0.4) is 0 Å². The van der Waals surface area contributed by atoms with E-state index in [9.17, 15) is 35.4 Å². The molecule has 6 N–H and O–H groups in total. The van der Waals surface area contributed by atoms with Crippen LogP contribution in [0.4, 0.5) is 0 Å². The van der Waals surface area contributed by atoms with Crippen LogP contribution in [-0.2, 0) is 23.7 Å². The van der Waals surface area contributed by atoms with E-state index in [-0.39, 0.29) is 13.0 Å². The molecule has 3 heterocycles. The fourth-order valence-corrected chi connectivity index (χ4v) is 6.46. The normalized spacial score (nSPS) is 56.8. The lowest BCUT2D eigenvalue weighted by Crippen LogP contribution is -2.70. The van der Waals surface area contributed by atoms with Crippen molar-refractivity contribution in [2.45, 2.75) is 81.0 Å². The predicted molar refractivity (Wildman–Crippen MR) is 103 cm³/mol. The second-order valence-corrected chi connectivity index (χ2v) is 9.88. The van der Waals surface area contributed by atoms with Crippen molar-refractivity contribution in [2.24, 2.45) is 10.8 Å². The highest BCUT2D eigenvalue weighted by Crippen LogP contribution is 2.71. The minimum absolute atomic E-state index is 0.209. The van der Waals surface area contributed by atoms with Crippen LogP contribution in [0.15, 0.2) is 11.6 Å². The number of ether oxygens (including phenoxy) is 4. The number of hydrogen-bond acceptors (Lipinski definition) is 11. The molecule has 5 rings (SSSR count). The van der Waals surface area contributed by atoms with Gasteiger partial charge in [0, 0.05) is 5.41 Å². The van der Waals surface area contributed by atoms with Crippen molar-refractivity contribution in [3.05, 3.63) is 11.6 Å². The molecule has 180 valence electrons. The van der Waals surface area contributed by atoms with Gasteiger partial charge in [0.2, 0.25) is 0 Å². The van der Waals surface area contributed by atoms with Crippen LogP contribution >= 0.6 is 0 Å². The van der Waals surface area contributed by atoms with Gasteiger partial charge in [0.15, 0.2) is 12.1 Å². The number of rotatable bonds is 4. The molecule has 11 heteroatoms. The number of fused-ring (bicyclic) bond motifs is 2. The molecule has 11 nitrogen and oxygen atoms in total. The van der Waals surface area contributed by atoms with Gasteiger partial charge in [-0.1, -0.05) is 6.92 Å². The molecule has 1 saturated carbocycles. The summed E-state index contributed by atoms with van der Waals surface area (Å²) in [5, 5.41) is 61.5. The van der Waals surface area contributed by atoms with Crippen LogP contribution in [0.2, 0.25) is 0 Å². The van der Waals surface area contributed by atoms with Crippen LogP contribution < -0.4 is 0 Å². The molecule has 2 bridgehead atoms. The van der Waals surface area contributed by atoms with E-state index in [2.05, 4.69) is 0 Å². The number of carbonyl (C=O) groups excluding carboxylic acids is 1. The first-order chi connectivity index (χ1) is 15.1. The van der Waals surface area contributed by atoms with Crippen LogP contribution in [0.25, 0.3) is 0 Å². The van der Waals surface area contributed by atoms with Crippen LogP contribution in [0.5, 0.6) is 0 Å². The van der Waals surface area contributed by atoms with E-state index in [0.29, 0.717) is 5.57 Å². The van der Waals surface area contributed by atoms with E-state index in [0.717, 1.165) is 0 Å². The van der Waals surface area contributed by atoms with Crippen LogP contribution in [-0.4, -0.2) is 117 Å². The lowest BCUT2D eigenvalue weighted by atomic mass is 10.5. The molecule has 3 aliphatic heterocycles. The first-order valence-corrected chi connectivity index (χ1v) is 10.8. The maximum Gasteiger partial charge on any atom is 0.187 e. The Morgan fingerprint density at radius 1 is 1.12 bits per heavy atom. The smallest absolute Gasteiger partial charge is 0.187 e. The highest BCUT2D eigenvalue weighted by Gasteiger charge is 2.83. The fraction of sp³-hybridized carbons (Fsp3) is 0.857. The van der Waals surface area contributed by atoms with Crippen molar-refractivity contribution >= 4 is 5.78 Å². The van der Waals surface area contributed by atoms with E-state index in [4.69, 9.17) is 18.9 Å². The average Bonchev–Trinajstić information content (AvgIpc) is 3.54. The van der Waals surface area contributed by atoms with Crippen molar-refractivity contribution < 1.29 is 54.4 Å². The summed E-state index contributed by atoms with van der Waals surface area (Å²) in [5.74, 6) is -0.479. The van der Waals surface area contributed by atoms with Crippen molar-refractivity contribution in [1.82, 2.24) is 0 Å². The molecule has 2 aliphatic carbocycles. The second kappa shape index (κ2) is 7.25. The zero-order valence-electron chi connectivity index (χ0n) is 17.8. The number of aliphatic hydroxyl groups is 6. The molecule has 0 aromatic carbocycles. The standard InChI is InChI=1S/C21H30O11/c1-8-3-11-20(6-23,16(28)12(8)24)19(2)4-9(17(32-11)21(19)7-29-21)30-18-15(27)14(26)13(25)10(5-22)31-18/h3,9-11,13-18,22-23,25-28H,4-7H2,1-2H3/t9-,10-,11-,13-,14+,15-,16-,17-,18-,19-,20-,21+/m1/s1/i1+1,2+1,3+1,4+1,5+1,6+1,7+1,8+1,9+1,10+1,11+1,12+1,13+1,14+1,15+1,16+1,17+1,18+1,19+1,20+1,21+1. The number of hydrogen-bond donors (Lipinski definition) is 6. The Hall–Kier alpha value is -0.990. The minimum Gasteiger partial charge on any atom is -0.396 e. The van der Waals surface area contributed by atoms with E-state index in [1.54, 1.807) is 13.0 Å². The summed E-state index contributed by atoms with van der Waals surface area (Å²) < 4.78 is 23.7. The zero-order valence-corrected chi connectivity index (χ0v) is 17.8. The number of aliphatic hydroxyl groups excluding tert-OH is 6.